The van der Waals surface area contributed by atoms with Gasteiger partial charge in [-0.1, -0.05) is 0 Å². The quantitative estimate of drug-likeness (QED) is 0.269. The van der Waals surface area contributed by atoms with Gasteiger partial charge in [-0.05, 0) is 26.0 Å². The van der Waals surface area contributed by atoms with Crippen LogP contribution in [0.3, 0.4) is 0 Å². The highest BCUT2D eigenvalue weighted by Crippen LogP contribution is 2.14. The molecule has 3 N–H and O–H groups in total. The summed E-state index contributed by atoms with van der Waals surface area (Å²) < 4.78 is 5.28. The maximum atomic E-state index is 5.28. The SMILES string of the molecule is CCNC(=NCc1nc(-c2ccco2)n[nH]1)NCCc1csc(C)n1.I. The van der Waals surface area contributed by atoms with Gasteiger partial charge in [0.05, 0.1) is 17.0 Å². The van der Waals surface area contributed by atoms with Crippen LogP contribution in [0.5, 0.6) is 0 Å². The molecule has 10 heteroatoms. The number of aliphatic imine (C=N–C) groups is 1. The summed E-state index contributed by atoms with van der Waals surface area (Å²) in [6.07, 6.45) is 2.46. The molecule has 0 spiro atoms. The third kappa shape index (κ3) is 5.80. The van der Waals surface area contributed by atoms with E-state index in [4.69, 9.17) is 4.42 Å². The minimum atomic E-state index is 0. The topological polar surface area (TPSA) is 104 Å². The molecule has 0 saturated heterocycles. The number of hydrogen-bond acceptors (Lipinski definition) is 6. The first kappa shape index (κ1) is 20.4. The van der Waals surface area contributed by atoms with Crippen LogP contribution in [0.2, 0.25) is 0 Å². The van der Waals surface area contributed by atoms with Crippen molar-refractivity contribution in [3.8, 4) is 11.6 Å². The molecule has 0 radical (unpaired) electrons. The zero-order valence-electron chi connectivity index (χ0n) is 14.7. The van der Waals surface area contributed by atoms with Crippen LogP contribution < -0.4 is 10.6 Å². The molecular weight excluding hydrogens is 465 g/mol. The minimum absolute atomic E-state index is 0. The second-order valence-corrected chi connectivity index (χ2v) is 6.38. The maximum Gasteiger partial charge on any atom is 0.216 e. The highest BCUT2D eigenvalue weighted by Gasteiger charge is 2.08. The van der Waals surface area contributed by atoms with Gasteiger partial charge < -0.3 is 15.1 Å². The average Bonchev–Trinajstić information content (AvgIpc) is 3.34. The first-order chi connectivity index (χ1) is 12.2. The molecule has 0 saturated carbocycles. The number of thiazole rings is 1. The van der Waals surface area contributed by atoms with E-state index >= 15 is 0 Å². The fraction of sp³-hybridized carbons (Fsp3) is 0.375. The number of halogens is 1. The predicted molar refractivity (Wildman–Crippen MR) is 113 cm³/mol. The summed E-state index contributed by atoms with van der Waals surface area (Å²) in [6.45, 7) is 6.00. The van der Waals surface area contributed by atoms with Gasteiger partial charge in [0, 0.05) is 24.9 Å². The third-order valence-corrected chi connectivity index (χ3v) is 4.17. The first-order valence-electron chi connectivity index (χ1n) is 8.13. The Labute approximate surface area is 173 Å². The Kier molecular flexibility index (Phi) is 8.04. The average molecular weight is 487 g/mol. The molecular formula is C16H22IN7OS. The predicted octanol–water partition coefficient (Wildman–Crippen LogP) is 2.75. The number of nitrogens with zero attached hydrogens (tertiary/aromatic N) is 4. The highest BCUT2D eigenvalue weighted by atomic mass is 127. The number of aromatic amines is 1. The molecule has 0 fully saturated rings. The Balaban J connectivity index is 0.00000243. The van der Waals surface area contributed by atoms with Gasteiger partial charge in [0.15, 0.2) is 11.7 Å². The number of rotatable bonds is 7. The van der Waals surface area contributed by atoms with Crippen molar-refractivity contribution in [3.05, 3.63) is 40.3 Å². The van der Waals surface area contributed by atoms with E-state index in [1.165, 1.54) is 0 Å². The minimum Gasteiger partial charge on any atom is -0.461 e. The van der Waals surface area contributed by atoms with E-state index in [1.54, 1.807) is 23.7 Å². The summed E-state index contributed by atoms with van der Waals surface area (Å²) in [5.74, 6) is 2.59. The van der Waals surface area contributed by atoms with E-state index in [9.17, 15) is 0 Å². The number of nitrogens with one attached hydrogen (secondary N) is 3. The van der Waals surface area contributed by atoms with Crippen LogP contribution in [0.4, 0.5) is 0 Å². The van der Waals surface area contributed by atoms with Crippen molar-refractivity contribution in [2.24, 2.45) is 4.99 Å². The molecule has 0 atom stereocenters. The number of guanidine groups is 1. The first-order valence-corrected chi connectivity index (χ1v) is 9.01. The van der Waals surface area contributed by atoms with Crippen molar-refractivity contribution < 1.29 is 4.42 Å². The molecule has 0 aliphatic heterocycles. The van der Waals surface area contributed by atoms with Crippen LogP contribution >= 0.6 is 35.3 Å². The van der Waals surface area contributed by atoms with Crippen LogP contribution in [0.15, 0.2) is 33.2 Å². The lowest BCUT2D eigenvalue weighted by molar-refractivity contribution is 0.577. The Morgan fingerprint density at radius 2 is 2.23 bits per heavy atom. The Bertz CT molecular complexity index is 812. The van der Waals surface area contributed by atoms with Gasteiger partial charge in [-0.25, -0.2) is 15.0 Å². The number of H-pyrrole nitrogens is 1. The van der Waals surface area contributed by atoms with Crippen molar-refractivity contribution in [1.29, 1.82) is 0 Å². The molecule has 0 amide bonds. The van der Waals surface area contributed by atoms with Gasteiger partial charge in [-0.3, -0.25) is 5.10 Å². The van der Waals surface area contributed by atoms with Gasteiger partial charge in [-0.15, -0.1) is 40.4 Å². The summed E-state index contributed by atoms with van der Waals surface area (Å²) in [7, 11) is 0. The molecule has 8 nitrogen and oxygen atoms in total. The third-order valence-electron chi connectivity index (χ3n) is 3.34. The normalized spacial score (nSPS) is 11.2. The molecule has 3 heterocycles. The zero-order valence-corrected chi connectivity index (χ0v) is 17.8. The fourth-order valence-corrected chi connectivity index (χ4v) is 2.86. The van der Waals surface area contributed by atoms with Crippen molar-refractivity contribution in [1.82, 2.24) is 30.8 Å². The fourth-order valence-electron chi connectivity index (χ4n) is 2.21. The molecule has 26 heavy (non-hydrogen) atoms. The molecule has 3 rings (SSSR count). The van der Waals surface area contributed by atoms with Gasteiger partial charge in [0.25, 0.3) is 0 Å². The van der Waals surface area contributed by atoms with Crippen LogP contribution in [-0.4, -0.2) is 39.2 Å². The van der Waals surface area contributed by atoms with Gasteiger partial charge >= 0.3 is 0 Å². The maximum absolute atomic E-state index is 5.28. The lowest BCUT2D eigenvalue weighted by Gasteiger charge is -2.10. The van der Waals surface area contributed by atoms with Gasteiger partial charge in [0.1, 0.15) is 12.4 Å². The standard InChI is InChI=1S/C16H21N7OS.HI/c1-3-17-16(18-7-6-12-10-25-11(2)20-12)19-9-14-21-15(23-22-14)13-5-4-8-24-13;/h4-5,8,10H,3,6-7,9H2,1-2H3,(H2,17,18,19)(H,21,22,23);1H. The largest absolute Gasteiger partial charge is 0.461 e. The number of furan rings is 1. The molecule has 0 bridgehead atoms. The van der Waals surface area contributed by atoms with Gasteiger partial charge in [-0.2, -0.15) is 0 Å². The van der Waals surface area contributed by atoms with E-state index in [0.29, 0.717) is 24.0 Å². The zero-order chi connectivity index (χ0) is 17.5. The molecule has 0 unspecified atom stereocenters. The smallest absolute Gasteiger partial charge is 0.216 e. The van der Waals surface area contributed by atoms with E-state index < -0.39 is 0 Å². The Morgan fingerprint density at radius 3 is 2.92 bits per heavy atom. The number of aryl methyl sites for hydroxylation is 1. The van der Waals surface area contributed by atoms with Crippen molar-refractivity contribution in [2.45, 2.75) is 26.8 Å². The number of hydrogen-bond donors (Lipinski definition) is 3. The van der Waals surface area contributed by atoms with E-state index in [-0.39, 0.29) is 24.0 Å². The lowest BCUT2D eigenvalue weighted by Crippen LogP contribution is -2.38. The van der Waals surface area contributed by atoms with Crippen LogP contribution in [0, 0.1) is 6.92 Å². The Hall–Kier alpha value is -1.95. The van der Waals surface area contributed by atoms with Crippen LogP contribution in [-0.2, 0) is 13.0 Å². The second-order valence-electron chi connectivity index (χ2n) is 5.31. The molecule has 3 aromatic heterocycles. The summed E-state index contributed by atoms with van der Waals surface area (Å²) in [5, 5.41) is 16.7. The van der Waals surface area contributed by atoms with Gasteiger partial charge in [0.2, 0.25) is 5.82 Å². The van der Waals surface area contributed by atoms with Crippen molar-refractivity contribution in [2.75, 3.05) is 13.1 Å². The molecule has 0 aromatic carbocycles. The highest BCUT2D eigenvalue weighted by molar-refractivity contribution is 14.0. The molecule has 140 valence electrons. The van der Waals surface area contributed by atoms with Crippen molar-refractivity contribution >= 4 is 41.3 Å². The van der Waals surface area contributed by atoms with E-state index in [1.807, 2.05) is 19.9 Å². The summed E-state index contributed by atoms with van der Waals surface area (Å²) in [5.41, 5.74) is 1.10. The van der Waals surface area contributed by atoms with E-state index in [0.717, 1.165) is 36.2 Å². The number of aromatic nitrogens is 4. The summed E-state index contributed by atoms with van der Waals surface area (Å²) >= 11 is 1.67. The van der Waals surface area contributed by atoms with Crippen molar-refractivity contribution in [3.63, 3.8) is 0 Å². The van der Waals surface area contributed by atoms with Crippen LogP contribution in [0.1, 0.15) is 23.4 Å². The second kappa shape index (κ2) is 10.3. The molecule has 3 aromatic rings. The molecule has 0 aliphatic rings. The molecule has 0 aliphatic carbocycles. The monoisotopic (exact) mass is 487 g/mol. The van der Waals surface area contributed by atoms with E-state index in [2.05, 4.69) is 41.2 Å². The summed E-state index contributed by atoms with van der Waals surface area (Å²) in [6, 6.07) is 3.63. The lowest BCUT2D eigenvalue weighted by atomic mass is 10.3. The Morgan fingerprint density at radius 1 is 1.35 bits per heavy atom. The summed E-state index contributed by atoms with van der Waals surface area (Å²) in [4.78, 5) is 13.4. The van der Waals surface area contributed by atoms with Crippen LogP contribution in [0.25, 0.3) is 11.6 Å².